The van der Waals surface area contributed by atoms with Gasteiger partial charge in [0.05, 0.1) is 12.2 Å². The van der Waals surface area contributed by atoms with Gasteiger partial charge in [-0.15, -0.1) is 0 Å². The van der Waals surface area contributed by atoms with E-state index in [1.807, 2.05) is 30.3 Å². The maximum Gasteiger partial charge on any atom is 0.317 e. The second-order valence-corrected chi connectivity index (χ2v) is 7.27. The number of halogens is 1. The zero-order valence-corrected chi connectivity index (χ0v) is 17.6. The Morgan fingerprint density at radius 1 is 1.26 bits per heavy atom. The highest BCUT2D eigenvalue weighted by Crippen LogP contribution is 2.20. The molecular formula is C21H22ClN7O2. The molecule has 2 aromatic heterocycles. The molecule has 160 valence electrons. The second kappa shape index (κ2) is 10.6. The number of likely N-dealkylation sites (N-methyl/N-ethyl adjacent to an activating group) is 1. The van der Waals surface area contributed by atoms with Crippen LogP contribution >= 0.6 is 11.6 Å². The molecule has 1 aromatic carbocycles. The molecule has 0 atom stereocenters. The third-order valence-corrected chi connectivity index (χ3v) is 4.41. The summed E-state index contributed by atoms with van der Waals surface area (Å²) >= 11 is 6.00. The van der Waals surface area contributed by atoms with Gasteiger partial charge in [0.1, 0.15) is 6.33 Å². The zero-order valence-electron chi connectivity index (χ0n) is 16.9. The third kappa shape index (κ3) is 6.82. The Kier molecular flexibility index (Phi) is 7.60. The summed E-state index contributed by atoms with van der Waals surface area (Å²) in [4.78, 5) is 29.7. The van der Waals surface area contributed by atoms with Crippen molar-refractivity contribution in [3.8, 4) is 11.4 Å². The van der Waals surface area contributed by atoms with Gasteiger partial charge in [0.2, 0.25) is 5.95 Å². The first-order chi connectivity index (χ1) is 14.9. The Morgan fingerprint density at radius 2 is 2.10 bits per heavy atom. The minimum atomic E-state index is -0.866. The molecule has 0 aliphatic carbocycles. The van der Waals surface area contributed by atoms with Gasteiger partial charge >= 0.3 is 5.97 Å². The molecule has 0 fully saturated rings. The van der Waals surface area contributed by atoms with E-state index in [1.165, 1.54) is 6.33 Å². The Morgan fingerprint density at radius 3 is 2.87 bits per heavy atom. The number of rotatable bonds is 9. The number of pyridine rings is 1. The molecule has 4 N–H and O–H groups in total. The van der Waals surface area contributed by atoms with Gasteiger partial charge in [-0.1, -0.05) is 23.7 Å². The number of aliphatic carboxylic acids is 1. The number of anilines is 2. The fourth-order valence-corrected chi connectivity index (χ4v) is 2.97. The summed E-state index contributed by atoms with van der Waals surface area (Å²) in [5.41, 5.74) is 8.68. The quantitative estimate of drug-likeness (QED) is 0.460. The molecule has 31 heavy (non-hydrogen) atoms. The number of nitrogens with zero attached hydrogens (tertiary/aromatic N) is 5. The molecule has 3 rings (SSSR count). The van der Waals surface area contributed by atoms with E-state index in [4.69, 9.17) is 22.4 Å². The average molecular weight is 440 g/mol. The normalized spacial score (nSPS) is 11.5. The van der Waals surface area contributed by atoms with E-state index >= 15 is 0 Å². The maximum absolute atomic E-state index is 10.9. The topological polar surface area (TPSA) is 130 Å². The van der Waals surface area contributed by atoms with Crippen LogP contribution in [0, 0.1) is 0 Å². The Balaban J connectivity index is 1.77. The molecular weight excluding hydrogens is 418 g/mol. The first-order valence-corrected chi connectivity index (χ1v) is 9.78. The van der Waals surface area contributed by atoms with Crippen molar-refractivity contribution in [3.05, 3.63) is 65.2 Å². The Bertz CT molecular complexity index is 1090. The van der Waals surface area contributed by atoms with Gasteiger partial charge in [0.15, 0.2) is 5.82 Å². The highest BCUT2D eigenvalue weighted by atomic mass is 35.5. The maximum atomic E-state index is 10.9. The highest BCUT2D eigenvalue weighted by molar-refractivity contribution is 6.31. The Hall–Kier alpha value is -3.40. The number of benzene rings is 1. The van der Waals surface area contributed by atoms with Gasteiger partial charge in [-0.2, -0.15) is 4.98 Å². The van der Waals surface area contributed by atoms with Crippen molar-refractivity contribution in [2.45, 2.75) is 6.54 Å². The standard InChI is InChI=1S/C21H22ClN7O2/c1-29(12-19(30)31)11-14-3-2-4-17(7-14)27-21-26-13-25-20(28-21)15-5-6-24-18(8-15)9-16(22)10-23/h2-9,13H,10-12,23H2,1H3,(H,30,31)(H,25,26,27,28). The SMILES string of the molecule is CN(CC(=O)O)Cc1cccc(Nc2ncnc(-c3ccnc(C=C(Cl)CN)c3)n2)c1. The molecule has 9 nitrogen and oxygen atoms in total. The predicted octanol–water partition coefficient (Wildman–Crippen LogP) is 2.73. The summed E-state index contributed by atoms with van der Waals surface area (Å²) in [7, 11) is 1.76. The number of hydrogen-bond acceptors (Lipinski definition) is 8. The van der Waals surface area contributed by atoms with Crippen LogP contribution in [-0.2, 0) is 11.3 Å². The molecule has 0 saturated heterocycles. The lowest BCUT2D eigenvalue weighted by Gasteiger charge is -2.14. The van der Waals surface area contributed by atoms with E-state index in [0.717, 1.165) is 16.8 Å². The number of nitrogens with one attached hydrogen (secondary N) is 1. The molecule has 3 aromatic rings. The molecule has 0 aliphatic rings. The van der Waals surface area contributed by atoms with Crippen LogP contribution in [0.4, 0.5) is 11.6 Å². The first kappa shape index (κ1) is 22.3. The lowest BCUT2D eigenvalue weighted by atomic mass is 10.2. The van der Waals surface area contributed by atoms with Gasteiger partial charge in [0, 0.05) is 35.6 Å². The summed E-state index contributed by atoms with van der Waals surface area (Å²) in [5.74, 6) is 0.000237. The van der Waals surface area contributed by atoms with Crippen molar-refractivity contribution < 1.29 is 9.90 Å². The van der Waals surface area contributed by atoms with Crippen molar-refractivity contribution >= 4 is 35.3 Å². The van der Waals surface area contributed by atoms with Gasteiger partial charge < -0.3 is 16.2 Å². The van der Waals surface area contributed by atoms with Gasteiger partial charge in [-0.05, 0) is 43.0 Å². The van der Waals surface area contributed by atoms with Crippen molar-refractivity contribution in [3.63, 3.8) is 0 Å². The van der Waals surface area contributed by atoms with Crippen LogP contribution in [0.2, 0.25) is 0 Å². The highest BCUT2D eigenvalue weighted by Gasteiger charge is 2.08. The minimum absolute atomic E-state index is 0.0336. The molecule has 0 aliphatic heterocycles. The monoisotopic (exact) mass is 439 g/mol. The minimum Gasteiger partial charge on any atom is -0.480 e. The van der Waals surface area contributed by atoms with Crippen LogP contribution in [-0.4, -0.2) is 56.0 Å². The average Bonchev–Trinajstić information content (AvgIpc) is 2.73. The van der Waals surface area contributed by atoms with E-state index in [-0.39, 0.29) is 13.1 Å². The molecule has 0 amide bonds. The summed E-state index contributed by atoms with van der Waals surface area (Å²) in [6, 6.07) is 11.2. The Labute approximate surface area is 184 Å². The van der Waals surface area contributed by atoms with E-state index in [9.17, 15) is 4.79 Å². The number of carboxylic acid groups (broad SMARTS) is 1. The first-order valence-electron chi connectivity index (χ1n) is 9.41. The molecule has 10 heteroatoms. The van der Waals surface area contributed by atoms with Crippen LogP contribution < -0.4 is 11.1 Å². The summed E-state index contributed by atoms with van der Waals surface area (Å²) in [6.07, 6.45) is 4.77. The number of nitrogens with two attached hydrogens (primary N) is 1. The van der Waals surface area contributed by atoms with Crippen molar-refractivity contribution in [1.29, 1.82) is 0 Å². The molecule has 0 spiro atoms. The van der Waals surface area contributed by atoms with Crippen LogP contribution in [0.15, 0.2) is 54.0 Å². The fraction of sp³-hybridized carbons (Fsp3) is 0.190. The number of carbonyl (C=O) groups is 1. The molecule has 0 bridgehead atoms. The molecule has 0 unspecified atom stereocenters. The van der Waals surface area contributed by atoms with Crippen molar-refractivity contribution in [2.75, 3.05) is 25.5 Å². The second-order valence-electron chi connectivity index (χ2n) is 6.79. The molecule has 0 radical (unpaired) electrons. The number of hydrogen-bond donors (Lipinski definition) is 3. The van der Waals surface area contributed by atoms with Crippen molar-refractivity contribution in [2.24, 2.45) is 5.73 Å². The number of aromatic nitrogens is 4. The van der Waals surface area contributed by atoms with Crippen molar-refractivity contribution in [1.82, 2.24) is 24.8 Å². The van der Waals surface area contributed by atoms with E-state index in [1.54, 1.807) is 30.3 Å². The summed E-state index contributed by atoms with van der Waals surface area (Å²) < 4.78 is 0. The van der Waals surface area contributed by atoms with Gasteiger partial charge in [0.25, 0.3) is 0 Å². The molecule has 0 saturated carbocycles. The zero-order chi connectivity index (χ0) is 22.2. The van der Waals surface area contributed by atoms with Crippen LogP contribution in [0.3, 0.4) is 0 Å². The van der Waals surface area contributed by atoms with E-state index in [2.05, 4.69) is 25.3 Å². The van der Waals surface area contributed by atoms with Crippen LogP contribution in [0.1, 0.15) is 11.3 Å². The lowest BCUT2D eigenvalue weighted by Crippen LogP contribution is -2.25. The smallest absolute Gasteiger partial charge is 0.317 e. The van der Waals surface area contributed by atoms with Crippen LogP contribution in [0.25, 0.3) is 17.5 Å². The van der Waals surface area contributed by atoms with Gasteiger partial charge in [-0.25, -0.2) is 9.97 Å². The largest absolute Gasteiger partial charge is 0.480 e. The summed E-state index contributed by atoms with van der Waals surface area (Å²) in [6.45, 7) is 0.704. The number of carboxylic acids is 1. The van der Waals surface area contributed by atoms with Gasteiger partial charge in [-0.3, -0.25) is 14.7 Å². The lowest BCUT2D eigenvalue weighted by molar-refractivity contribution is -0.138. The van der Waals surface area contributed by atoms with E-state index < -0.39 is 5.97 Å². The molecule has 2 heterocycles. The predicted molar refractivity (Wildman–Crippen MR) is 120 cm³/mol. The fourth-order valence-electron chi connectivity index (χ4n) is 2.86. The summed E-state index contributed by atoms with van der Waals surface area (Å²) in [5, 5.41) is 12.6. The third-order valence-electron chi connectivity index (χ3n) is 4.15. The van der Waals surface area contributed by atoms with Crippen LogP contribution in [0.5, 0.6) is 0 Å². The van der Waals surface area contributed by atoms with E-state index in [0.29, 0.717) is 29.0 Å².